The van der Waals surface area contributed by atoms with Crippen molar-refractivity contribution in [2.75, 3.05) is 5.73 Å². The van der Waals surface area contributed by atoms with Gasteiger partial charge in [-0.15, -0.1) is 0 Å². The Morgan fingerprint density at radius 3 is 2.67 bits per heavy atom. The third-order valence-electron chi connectivity index (χ3n) is 2.41. The van der Waals surface area contributed by atoms with Crippen LogP contribution in [0, 0.1) is 0 Å². The van der Waals surface area contributed by atoms with Crippen molar-refractivity contribution in [3.63, 3.8) is 0 Å². The first kappa shape index (κ1) is 10.4. The summed E-state index contributed by atoms with van der Waals surface area (Å²) in [5.41, 5.74) is 7.62. The summed E-state index contributed by atoms with van der Waals surface area (Å²) in [6.07, 6.45) is 4.96. The van der Waals surface area contributed by atoms with E-state index in [0.29, 0.717) is 23.1 Å². The fraction of sp³-hybridized carbons (Fsp3) is 0. The Balaban J connectivity index is 2.03. The van der Waals surface area contributed by atoms with Crippen LogP contribution in [0.5, 0.6) is 0 Å². The Hall–Kier alpha value is -2.76. The normalized spacial score (nSPS) is 10.4. The molecule has 2 N–H and O–H groups in total. The molecule has 18 heavy (non-hydrogen) atoms. The summed E-state index contributed by atoms with van der Waals surface area (Å²) >= 11 is 0. The van der Waals surface area contributed by atoms with Gasteiger partial charge in [0.25, 0.3) is 5.89 Å². The Bertz CT molecular complexity index is 665. The van der Waals surface area contributed by atoms with Crippen LogP contribution in [0.3, 0.4) is 0 Å². The van der Waals surface area contributed by atoms with E-state index in [1.165, 1.54) is 0 Å². The number of rotatable bonds is 2. The zero-order chi connectivity index (χ0) is 12.4. The van der Waals surface area contributed by atoms with E-state index in [-0.39, 0.29) is 0 Å². The summed E-state index contributed by atoms with van der Waals surface area (Å²) in [4.78, 5) is 12.3. The van der Waals surface area contributed by atoms with Crippen molar-refractivity contribution in [3.8, 4) is 23.0 Å². The molecular weight excluding hydrogens is 230 g/mol. The van der Waals surface area contributed by atoms with Gasteiger partial charge in [0.05, 0.1) is 5.69 Å². The summed E-state index contributed by atoms with van der Waals surface area (Å²) < 4.78 is 5.16. The number of nitrogen functional groups attached to an aromatic ring is 1. The largest absolute Gasteiger partial charge is 0.397 e. The Labute approximate surface area is 103 Å². The Morgan fingerprint density at radius 1 is 1.06 bits per heavy atom. The van der Waals surface area contributed by atoms with Crippen molar-refractivity contribution in [1.82, 2.24) is 20.1 Å². The second-order valence-electron chi connectivity index (χ2n) is 3.60. The second kappa shape index (κ2) is 4.25. The van der Waals surface area contributed by atoms with Crippen molar-refractivity contribution in [2.45, 2.75) is 0 Å². The van der Waals surface area contributed by atoms with E-state index in [9.17, 15) is 0 Å². The fourth-order valence-electron chi connectivity index (χ4n) is 1.53. The molecule has 0 fully saturated rings. The highest BCUT2D eigenvalue weighted by molar-refractivity contribution is 5.67. The zero-order valence-electron chi connectivity index (χ0n) is 9.32. The highest BCUT2D eigenvalue weighted by atomic mass is 16.5. The molecule has 0 saturated carbocycles. The number of anilines is 1. The quantitative estimate of drug-likeness (QED) is 0.732. The smallest absolute Gasteiger partial charge is 0.278 e. The van der Waals surface area contributed by atoms with Gasteiger partial charge in [-0.1, -0.05) is 5.16 Å². The molecule has 0 aliphatic carbocycles. The van der Waals surface area contributed by atoms with Gasteiger partial charge in [0.1, 0.15) is 0 Å². The maximum absolute atomic E-state index is 5.80. The zero-order valence-corrected chi connectivity index (χ0v) is 9.32. The highest BCUT2D eigenvalue weighted by Crippen LogP contribution is 2.23. The van der Waals surface area contributed by atoms with Crippen LogP contribution < -0.4 is 5.73 Å². The van der Waals surface area contributed by atoms with Gasteiger partial charge in [-0.25, -0.2) is 4.98 Å². The van der Waals surface area contributed by atoms with E-state index >= 15 is 0 Å². The molecule has 3 rings (SSSR count). The minimum atomic E-state index is 0.305. The molecule has 0 unspecified atom stereocenters. The lowest BCUT2D eigenvalue weighted by Gasteiger charge is -1.96. The van der Waals surface area contributed by atoms with E-state index in [2.05, 4.69) is 20.1 Å². The van der Waals surface area contributed by atoms with Crippen molar-refractivity contribution >= 4 is 5.69 Å². The summed E-state index contributed by atoms with van der Waals surface area (Å²) in [5, 5.41) is 3.89. The average molecular weight is 239 g/mol. The number of hydrogen-bond acceptors (Lipinski definition) is 6. The SMILES string of the molecule is Nc1cccnc1-c1nc(-c2ccncc2)no1. The van der Waals surface area contributed by atoms with Gasteiger partial charge in [0, 0.05) is 24.2 Å². The minimum Gasteiger partial charge on any atom is -0.397 e. The molecule has 0 atom stereocenters. The van der Waals surface area contributed by atoms with E-state index in [1.807, 2.05) is 0 Å². The summed E-state index contributed by atoms with van der Waals surface area (Å²) in [5.74, 6) is 0.789. The van der Waals surface area contributed by atoms with Gasteiger partial charge in [0.15, 0.2) is 5.69 Å². The van der Waals surface area contributed by atoms with Crippen LogP contribution in [0.2, 0.25) is 0 Å². The third-order valence-corrected chi connectivity index (χ3v) is 2.41. The van der Waals surface area contributed by atoms with Gasteiger partial charge < -0.3 is 10.3 Å². The molecule has 0 aliphatic heterocycles. The highest BCUT2D eigenvalue weighted by Gasteiger charge is 2.13. The summed E-state index contributed by atoms with van der Waals surface area (Å²) in [7, 11) is 0. The van der Waals surface area contributed by atoms with Crippen LogP contribution in [0.15, 0.2) is 47.4 Å². The van der Waals surface area contributed by atoms with Gasteiger partial charge in [-0.3, -0.25) is 4.98 Å². The van der Waals surface area contributed by atoms with Crippen LogP contribution in [0.25, 0.3) is 23.0 Å². The van der Waals surface area contributed by atoms with Crippen molar-refractivity contribution in [1.29, 1.82) is 0 Å². The predicted molar refractivity (Wildman–Crippen MR) is 65.2 cm³/mol. The minimum absolute atomic E-state index is 0.305. The molecule has 6 heteroatoms. The first-order chi connectivity index (χ1) is 8.84. The van der Waals surface area contributed by atoms with Gasteiger partial charge in [-0.2, -0.15) is 4.98 Å². The van der Waals surface area contributed by atoms with Gasteiger partial charge >= 0.3 is 0 Å². The first-order valence-electron chi connectivity index (χ1n) is 5.29. The van der Waals surface area contributed by atoms with Crippen LogP contribution in [-0.2, 0) is 0 Å². The third kappa shape index (κ3) is 1.80. The monoisotopic (exact) mass is 239 g/mol. The van der Waals surface area contributed by atoms with Crippen LogP contribution in [0.1, 0.15) is 0 Å². The lowest BCUT2D eigenvalue weighted by atomic mass is 10.2. The molecule has 0 radical (unpaired) electrons. The predicted octanol–water partition coefficient (Wildman–Crippen LogP) is 1.78. The molecule has 3 aromatic heterocycles. The summed E-state index contributed by atoms with van der Waals surface area (Å²) in [6, 6.07) is 7.09. The maximum atomic E-state index is 5.80. The van der Waals surface area contributed by atoms with Crippen molar-refractivity contribution in [2.24, 2.45) is 0 Å². The molecule has 88 valence electrons. The molecule has 0 spiro atoms. The van der Waals surface area contributed by atoms with E-state index in [1.54, 1.807) is 42.9 Å². The standard InChI is InChI=1S/C12H9N5O/c13-9-2-1-5-15-10(9)12-16-11(17-18-12)8-3-6-14-7-4-8/h1-7H,13H2. The molecule has 0 aromatic carbocycles. The molecule has 0 saturated heterocycles. The molecule has 6 nitrogen and oxygen atoms in total. The molecular formula is C12H9N5O. The fourth-order valence-corrected chi connectivity index (χ4v) is 1.53. The van der Waals surface area contributed by atoms with Crippen LogP contribution in [-0.4, -0.2) is 20.1 Å². The number of aromatic nitrogens is 4. The van der Waals surface area contributed by atoms with Gasteiger partial charge in [0.2, 0.25) is 5.82 Å². The topological polar surface area (TPSA) is 90.7 Å². The van der Waals surface area contributed by atoms with Crippen LogP contribution in [0.4, 0.5) is 5.69 Å². The van der Waals surface area contributed by atoms with E-state index in [0.717, 1.165) is 5.56 Å². The molecule has 3 aromatic rings. The van der Waals surface area contributed by atoms with Crippen molar-refractivity contribution < 1.29 is 4.52 Å². The number of pyridine rings is 2. The van der Waals surface area contributed by atoms with Gasteiger partial charge in [-0.05, 0) is 24.3 Å². The lowest BCUT2D eigenvalue weighted by Crippen LogP contribution is -1.92. The Morgan fingerprint density at radius 2 is 1.89 bits per heavy atom. The molecule has 0 bridgehead atoms. The number of nitrogens with two attached hydrogens (primary N) is 1. The summed E-state index contributed by atoms with van der Waals surface area (Å²) in [6.45, 7) is 0. The average Bonchev–Trinajstić information content (AvgIpc) is 2.90. The molecule has 0 amide bonds. The van der Waals surface area contributed by atoms with Crippen molar-refractivity contribution in [3.05, 3.63) is 42.9 Å². The lowest BCUT2D eigenvalue weighted by molar-refractivity contribution is 0.431. The molecule has 0 aliphatic rings. The van der Waals surface area contributed by atoms with E-state index in [4.69, 9.17) is 10.3 Å². The number of nitrogens with zero attached hydrogens (tertiary/aromatic N) is 4. The van der Waals surface area contributed by atoms with E-state index < -0.39 is 0 Å². The molecule has 3 heterocycles. The van der Waals surface area contributed by atoms with Crippen LogP contribution >= 0.6 is 0 Å². The second-order valence-corrected chi connectivity index (χ2v) is 3.60. The maximum Gasteiger partial charge on any atom is 0.278 e. The number of hydrogen-bond donors (Lipinski definition) is 1. The Kier molecular flexibility index (Phi) is 2.45. The first-order valence-corrected chi connectivity index (χ1v) is 5.29.